The summed E-state index contributed by atoms with van der Waals surface area (Å²) in [7, 11) is 0. The molecule has 20 heavy (non-hydrogen) atoms. The average Bonchev–Trinajstić information content (AvgIpc) is 2.81. The number of rotatable bonds is 3. The Hall–Kier alpha value is -1.80. The van der Waals surface area contributed by atoms with E-state index in [4.69, 9.17) is 0 Å². The SMILES string of the molecule is O=C(NC[C@]1(O)CCNC1)Nc1cc(F)c(F)cc1F. The van der Waals surface area contributed by atoms with Crippen molar-refractivity contribution in [2.75, 3.05) is 25.0 Å². The lowest BCUT2D eigenvalue weighted by atomic mass is 10.0. The van der Waals surface area contributed by atoms with E-state index in [0.29, 0.717) is 31.6 Å². The van der Waals surface area contributed by atoms with Crippen LogP contribution in [0.4, 0.5) is 23.7 Å². The summed E-state index contributed by atoms with van der Waals surface area (Å²) in [4.78, 5) is 11.5. The third-order valence-electron chi connectivity index (χ3n) is 3.06. The zero-order chi connectivity index (χ0) is 14.8. The first-order chi connectivity index (χ1) is 9.39. The van der Waals surface area contributed by atoms with Gasteiger partial charge in [-0.1, -0.05) is 0 Å². The quantitative estimate of drug-likeness (QED) is 0.626. The lowest BCUT2D eigenvalue weighted by Gasteiger charge is -2.21. The molecule has 0 saturated carbocycles. The minimum absolute atomic E-state index is 0.0306. The highest BCUT2D eigenvalue weighted by atomic mass is 19.2. The molecule has 0 aliphatic carbocycles. The van der Waals surface area contributed by atoms with Gasteiger partial charge in [0.05, 0.1) is 11.3 Å². The first kappa shape index (κ1) is 14.6. The molecule has 1 aromatic carbocycles. The fourth-order valence-electron chi connectivity index (χ4n) is 1.91. The Bertz CT molecular complexity index is 519. The summed E-state index contributed by atoms with van der Waals surface area (Å²) >= 11 is 0. The van der Waals surface area contributed by atoms with Crippen LogP contribution in [0.1, 0.15) is 6.42 Å². The first-order valence-corrected chi connectivity index (χ1v) is 6.02. The van der Waals surface area contributed by atoms with Gasteiger partial charge in [-0.25, -0.2) is 18.0 Å². The summed E-state index contributed by atoms with van der Waals surface area (Å²) < 4.78 is 39.0. The molecule has 2 rings (SSSR count). The van der Waals surface area contributed by atoms with Gasteiger partial charge in [-0.3, -0.25) is 0 Å². The molecule has 2 amide bonds. The van der Waals surface area contributed by atoms with Gasteiger partial charge >= 0.3 is 6.03 Å². The molecule has 8 heteroatoms. The molecule has 5 nitrogen and oxygen atoms in total. The second kappa shape index (κ2) is 5.68. The van der Waals surface area contributed by atoms with E-state index in [1.807, 2.05) is 0 Å². The molecule has 110 valence electrons. The zero-order valence-electron chi connectivity index (χ0n) is 10.5. The van der Waals surface area contributed by atoms with Gasteiger partial charge in [0, 0.05) is 25.2 Å². The highest BCUT2D eigenvalue weighted by Gasteiger charge is 2.31. The Morgan fingerprint density at radius 3 is 2.65 bits per heavy atom. The van der Waals surface area contributed by atoms with Crippen molar-refractivity contribution in [3.63, 3.8) is 0 Å². The van der Waals surface area contributed by atoms with Gasteiger partial charge in [-0.05, 0) is 13.0 Å². The number of aliphatic hydroxyl groups is 1. The van der Waals surface area contributed by atoms with Crippen LogP contribution in [0.3, 0.4) is 0 Å². The highest BCUT2D eigenvalue weighted by Crippen LogP contribution is 2.18. The van der Waals surface area contributed by atoms with E-state index < -0.39 is 34.8 Å². The van der Waals surface area contributed by atoms with E-state index in [1.54, 1.807) is 0 Å². The predicted octanol–water partition coefficient (Wildman–Crippen LogP) is 0.950. The molecule has 1 aromatic rings. The van der Waals surface area contributed by atoms with Crippen molar-refractivity contribution >= 4 is 11.7 Å². The first-order valence-electron chi connectivity index (χ1n) is 6.02. The summed E-state index contributed by atoms with van der Waals surface area (Å²) in [6, 6.07) is 0.0883. The average molecular weight is 289 g/mol. The molecule has 0 aromatic heterocycles. The molecule has 1 heterocycles. The number of hydrogen-bond acceptors (Lipinski definition) is 3. The Balaban J connectivity index is 1.93. The van der Waals surface area contributed by atoms with Crippen LogP contribution in [0.15, 0.2) is 12.1 Å². The minimum Gasteiger partial charge on any atom is -0.387 e. The van der Waals surface area contributed by atoms with Crippen LogP contribution >= 0.6 is 0 Å². The number of β-amino-alcohol motifs (C(OH)–C–C–N with tert-alkyl or cyclic N) is 1. The number of urea groups is 1. The number of hydrogen-bond donors (Lipinski definition) is 4. The molecular weight excluding hydrogens is 275 g/mol. The number of halogens is 3. The van der Waals surface area contributed by atoms with E-state index in [1.165, 1.54) is 0 Å². The van der Waals surface area contributed by atoms with Gasteiger partial charge in [0.15, 0.2) is 11.6 Å². The summed E-state index contributed by atoms with van der Waals surface area (Å²) in [6.07, 6.45) is 0.479. The molecule has 0 bridgehead atoms. The van der Waals surface area contributed by atoms with Crippen LogP contribution in [0, 0.1) is 17.5 Å². The number of anilines is 1. The van der Waals surface area contributed by atoms with E-state index >= 15 is 0 Å². The van der Waals surface area contributed by atoms with Crippen LogP contribution in [0.5, 0.6) is 0 Å². The fourth-order valence-corrected chi connectivity index (χ4v) is 1.91. The van der Waals surface area contributed by atoms with Crippen molar-refractivity contribution in [2.24, 2.45) is 0 Å². The number of nitrogens with one attached hydrogen (secondary N) is 3. The largest absolute Gasteiger partial charge is 0.387 e. The van der Waals surface area contributed by atoms with E-state index in [0.717, 1.165) is 0 Å². The van der Waals surface area contributed by atoms with Gasteiger partial charge in [-0.15, -0.1) is 0 Å². The molecule has 0 spiro atoms. The molecule has 1 fully saturated rings. The summed E-state index contributed by atoms with van der Waals surface area (Å²) in [5.74, 6) is -3.68. The van der Waals surface area contributed by atoms with Crippen LogP contribution in [-0.4, -0.2) is 36.4 Å². The third-order valence-corrected chi connectivity index (χ3v) is 3.06. The molecule has 1 aliphatic rings. The number of carbonyl (C=O) groups is 1. The van der Waals surface area contributed by atoms with Crippen molar-refractivity contribution in [3.05, 3.63) is 29.6 Å². The van der Waals surface area contributed by atoms with E-state index in [-0.39, 0.29) is 6.54 Å². The third kappa shape index (κ3) is 3.40. The minimum atomic E-state index is -1.33. The molecule has 4 N–H and O–H groups in total. The van der Waals surface area contributed by atoms with Crippen molar-refractivity contribution in [1.82, 2.24) is 10.6 Å². The number of benzene rings is 1. The summed E-state index contributed by atoms with van der Waals surface area (Å²) in [5.41, 5.74) is -1.53. The van der Waals surface area contributed by atoms with Gasteiger partial charge < -0.3 is 21.1 Å². The van der Waals surface area contributed by atoms with Crippen LogP contribution in [-0.2, 0) is 0 Å². The normalized spacial score (nSPS) is 21.8. The van der Waals surface area contributed by atoms with Crippen molar-refractivity contribution in [1.29, 1.82) is 0 Å². The van der Waals surface area contributed by atoms with Crippen molar-refractivity contribution in [3.8, 4) is 0 Å². The maximum Gasteiger partial charge on any atom is 0.319 e. The molecule has 1 aliphatic heterocycles. The Labute approximate surface area is 113 Å². The van der Waals surface area contributed by atoms with Crippen LogP contribution in [0.25, 0.3) is 0 Å². The summed E-state index contributed by atoms with van der Waals surface area (Å²) in [5, 5.41) is 17.3. The molecule has 1 saturated heterocycles. The monoisotopic (exact) mass is 289 g/mol. The smallest absolute Gasteiger partial charge is 0.319 e. The van der Waals surface area contributed by atoms with Crippen molar-refractivity contribution in [2.45, 2.75) is 12.0 Å². The van der Waals surface area contributed by atoms with Gasteiger partial charge in [0.1, 0.15) is 5.82 Å². The van der Waals surface area contributed by atoms with Gasteiger partial charge in [-0.2, -0.15) is 0 Å². The Kier molecular flexibility index (Phi) is 4.15. The molecule has 0 radical (unpaired) electrons. The van der Waals surface area contributed by atoms with Crippen LogP contribution < -0.4 is 16.0 Å². The maximum atomic E-state index is 13.3. The molecule has 0 unspecified atom stereocenters. The van der Waals surface area contributed by atoms with Crippen LogP contribution in [0.2, 0.25) is 0 Å². The topological polar surface area (TPSA) is 73.4 Å². The lowest BCUT2D eigenvalue weighted by molar-refractivity contribution is 0.0640. The predicted molar refractivity (Wildman–Crippen MR) is 65.8 cm³/mol. The zero-order valence-corrected chi connectivity index (χ0v) is 10.5. The second-order valence-electron chi connectivity index (χ2n) is 4.70. The Morgan fingerprint density at radius 2 is 2.00 bits per heavy atom. The van der Waals surface area contributed by atoms with E-state index in [2.05, 4.69) is 16.0 Å². The molecule has 1 atom stereocenters. The summed E-state index contributed by atoms with van der Waals surface area (Å²) in [6.45, 7) is 0.946. The standard InChI is InChI=1S/C12H14F3N3O2/c13-7-3-9(15)10(4-8(7)14)18-11(19)17-6-12(20)1-2-16-5-12/h3-4,16,20H,1-2,5-6H2,(H2,17,18,19)/t12-/m0/s1. The lowest BCUT2D eigenvalue weighted by Crippen LogP contribution is -2.45. The van der Waals surface area contributed by atoms with Crippen molar-refractivity contribution < 1.29 is 23.1 Å². The second-order valence-corrected chi connectivity index (χ2v) is 4.70. The number of amides is 2. The maximum absolute atomic E-state index is 13.3. The Morgan fingerprint density at radius 1 is 1.30 bits per heavy atom. The molecular formula is C12H14F3N3O2. The van der Waals surface area contributed by atoms with E-state index in [9.17, 15) is 23.1 Å². The number of carbonyl (C=O) groups excluding carboxylic acids is 1. The fraction of sp³-hybridized carbons (Fsp3) is 0.417. The van der Waals surface area contributed by atoms with Gasteiger partial charge in [0.25, 0.3) is 0 Å². The van der Waals surface area contributed by atoms with Gasteiger partial charge in [0.2, 0.25) is 0 Å². The highest BCUT2D eigenvalue weighted by molar-refractivity contribution is 5.89.